The number of nitrogens with one attached hydrogen (secondary N) is 1. The quantitative estimate of drug-likeness (QED) is 0.517. The molecule has 0 unspecified atom stereocenters. The predicted octanol–water partition coefficient (Wildman–Crippen LogP) is 5.41. The van der Waals surface area contributed by atoms with E-state index in [1.165, 1.54) is 16.2 Å². The van der Waals surface area contributed by atoms with Gasteiger partial charge in [-0.15, -0.1) is 23.1 Å². The Kier molecular flexibility index (Phi) is 6.60. The first-order valence-electron chi connectivity index (χ1n) is 9.39. The highest BCUT2D eigenvalue weighted by molar-refractivity contribution is 7.99. The van der Waals surface area contributed by atoms with Crippen LogP contribution in [0.5, 0.6) is 0 Å². The third kappa shape index (κ3) is 4.55. The van der Waals surface area contributed by atoms with Crippen LogP contribution in [-0.4, -0.2) is 24.2 Å². The SMILES string of the molecule is CCOC(=O)c1c(NC(=O)c2cccc(SCC)c2)sc2c1CC[C@@H](C)C2. The fraction of sp³-hybridized carbons (Fsp3) is 0.429. The molecule has 0 fully saturated rings. The van der Waals surface area contributed by atoms with Gasteiger partial charge in [-0.05, 0) is 61.6 Å². The van der Waals surface area contributed by atoms with E-state index < -0.39 is 0 Å². The molecule has 6 heteroatoms. The van der Waals surface area contributed by atoms with Crippen LogP contribution in [0.25, 0.3) is 0 Å². The largest absolute Gasteiger partial charge is 0.462 e. The van der Waals surface area contributed by atoms with E-state index in [9.17, 15) is 9.59 Å². The summed E-state index contributed by atoms with van der Waals surface area (Å²) in [5, 5.41) is 3.59. The van der Waals surface area contributed by atoms with Gasteiger partial charge in [0, 0.05) is 15.3 Å². The highest BCUT2D eigenvalue weighted by Crippen LogP contribution is 2.40. The first kappa shape index (κ1) is 20.0. The summed E-state index contributed by atoms with van der Waals surface area (Å²) in [6.45, 7) is 6.43. The second-order valence-electron chi connectivity index (χ2n) is 6.69. The lowest BCUT2D eigenvalue weighted by molar-refractivity contribution is 0.0526. The third-order valence-corrected chi connectivity index (χ3v) is 6.67. The van der Waals surface area contributed by atoms with E-state index >= 15 is 0 Å². The van der Waals surface area contributed by atoms with Gasteiger partial charge in [0.2, 0.25) is 0 Å². The van der Waals surface area contributed by atoms with Gasteiger partial charge in [-0.3, -0.25) is 4.79 Å². The molecular formula is C21H25NO3S2. The maximum Gasteiger partial charge on any atom is 0.341 e. The highest BCUT2D eigenvalue weighted by Gasteiger charge is 2.29. The summed E-state index contributed by atoms with van der Waals surface area (Å²) in [4.78, 5) is 27.6. The summed E-state index contributed by atoms with van der Waals surface area (Å²) >= 11 is 3.22. The number of hydrogen-bond acceptors (Lipinski definition) is 5. The van der Waals surface area contributed by atoms with Crippen LogP contribution in [0.15, 0.2) is 29.2 Å². The first-order chi connectivity index (χ1) is 13.0. The van der Waals surface area contributed by atoms with Crippen LogP contribution in [-0.2, 0) is 17.6 Å². The standard InChI is InChI=1S/C21H25NO3S2/c1-4-25-21(24)18-16-10-9-13(3)11-17(16)27-20(18)22-19(23)14-7-6-8-15(12-14)26-5-2/h6-8,12-13H,4-5,9-11H2,1-3H3,(H,22,23)/t13-/m1/s1. The monoisotopic (exact) mass is 403 g/mol. The number of carbonyl (C=O) groups excluding carboxylic acids is 2. The van der Waals surface area contributed by atoms with Crippen molar-refractivity contribution in [2.45, 2.75) is 44.9 Å². The maximum absolute atomic E-state index is 12.8. The molecule has 1 aromatic heterocycles. The molecule has 4 nitrogen and oxygen atoms in total. The van der Waals surface area contributed by atoms with Crippen LogP contribution in [0.1, 0.15) is 58.3 Å². The van der Waals surface area contributed by atoms with Gasteiger partial charge in [0.25, 0.3) is 5.91 Å². The number of thiophene rings is 1. The number of thioether (sulfide) groups is 1. The van der Waals surface area contributed by atoms with Gasteiger partial charge in [-0.2, -0.15) is 0 Å². The molecule has 0 radical (unpaired) electrons. The number of fused-ring (bicyclic) bond motifs is 1. The Morgan fingerprint density at radius 1 is 1.33 bits per heavy atom. The van der Waals surface area contributed by atoms with E-state index in [4.69, 9.17) is 4.74 Å². The van der Waals surface area contributed by atoms with E-state index in [1.54, 1.807) is 24.8 Å². The van der Waals surface area contributed by atoms with Crippen molar-refractivity contribution in [2.24, 2.45) is 5.92 Å². The normalized spacial score (nSPS) is 15.9. The number of amides is 1. The van der Waals surface area contributed by atoms with Crippen LogP contribution >= 0.6 is 23.1 Å². The van der Waals surface area contributed by atoms with Crippen LogP contribution in [0.2, 0.25) is 0 Å². The molecule has 2 aromatic rings. The number of benzene rings is 1. The molecule has 3 rings (SSSR count). The molecule has 1 heterocycles. The maximum atomic E-state index is 12.8. The number of hydrogen-bond donors (Lipinski definition) is 1. The molecule has 0 spiro atoms. The molecule has 144 valence electrons. The molecule has 1 aliphatic rings. The van der Waals surface area contributed by atoms with E-state index in [0.29, 0.717) is 28.7 Å². The van der Waals surface area contributed by atoms with Crippen LogP contribution in [0.4, 0.5) is 5.00 Å². The average Bonchev–Trinajstić information content (AvgIpc) is 2.99. The number of esters is 1. The van der Waals surface area contributed by atoms with E-state index in [0.717, 1.165) is 35.5 Å². The van der Waals surface area contributed by atoms with Crippen molar-refractivity contribution < 1.29 is 14.3 Å². The zero-order valence-corrected chi connectivity index (χ0v) is 17.6. The number of carbonyl (C=O) groups is 2. The second kappa shape index (κ2) is 8.93. The summed E-state index contributed by atoms with van der Waals surface area (Å²) < 4.78 is 5.27. The molecular weight excluding hydrogens is 378 g/mol. The summed E-state index contributed by atoms with van der Waals surface area (Å²) in [7, 11) is 0. The smallest absolute Gasteiger partial charge is 0.341 e. The lowest BCUT2D eigenvalue weighted by Crippen LogP contribution is -2.16. The van der Waals surface area contributed by atoms with Gasteiger partial charge in [-0.25, -0.2) is 4.79 Å². The van der Waals surface area contributed by atoms with Gasteiger partial charge in [-0.1, -0.05) is 19.9 Å². The molecule has 1 aromatic carbocycles. The Labute approximate surface area is 168 Å². The zero-order valence-electron chi connectivity index (χ0n) is 16.0. The van der Waals surface area contributed by atoms with E-state index in [1.807, 2.05) is 18.2 Å². The Morgan fingerprint density at radius 3 is 2.89 bits per heavy atom. The highest BCUT2D eigenvalue weighted by atomic mass is 32.2. The van der Waals surface area contributed by atoms with Crippen molar-refractivity contribution >= 4 is 40.0 Å². The number of anilines is 1. The zero-order chi connectivity index (χ0) is 19.4. The Morgan fingerprint density at radius 2 is 2.15 bits per heavy atom. The van der Waals surface area contributed by atoms with Gasteiger partial charge in [0.15, 0.2) is 0 Å². The molecule has 1 atom stereocenters. The van der Waals surface area contributed by atoms with Crippen molar-refractivity contribution in [1.82, 2.24) is 0 Å². The molecule has 27 heavy (non-hydrogen) atoms. The molecule has 0 saturated heterocycles. The Bertz CT molecular complexity index is 844. The summed E-state index contributed by atoms with van der Waals surface area (Å²) in [5.74, 6) is 1.02. The molecule has 1 N–H and O–H groups in total. The van der Waals surface area contributed by atoms with Crippen molar-refractivity contribution in [3.8, 4) is 0 Å². The third-order valence-electron chi connectivity index (χ3n) is 4.63. The minimum atomic E-state index is -0.338. The number of rotatable bonds is 6. The summed E-state index contributed by atoms with van der Waals surface area (Å²) in [6.07, 6.45) is 2.87. The topological polar surface area (TPSA) is 55.4 Å². The van der Waals surface area contributed by atoms with Crippen LogP contribution < -0.4 is 5.32 Å². The first-order valence-corrected chi connectivity index (χ1v) is 11.2. The number of ether oxygens (including phenoxy) is 1. The second-order valence-corrected chi connectivity index (χ2v) is 9.13. The van der Waals surface area contributed by atoms with Crippen molar-refractivity contribution in [1.29, 1.82) is 0 Å². The van der Waals surface area contributed by atoms with E-state index in [-0.39, 0.29) is 11.9 Å². The molecule has 0 bridgehead atoms. The summed E-state index contributed by atoms with van der Waals surface area (Å²) in [6, 6.07) is 7.58. The fourth-order valence-electron chi connectivity index (χ4n) is 3.33. The van der Waals surface area contributed by atoms with Gasteiger partial charge < -0.3 is 10.1 Å². The molecule has 0 aliphatic heterocycles. The Balaban J connectivity index is 1.90. The predicted molar refractivity (Wildman–Crippen MR) is 112 cm³/mol. The minimum absolute atomic E-state index is 0.189. The lowest BCUT2D eigenvalue weighted by Gasteiger charge is -2.18. The van der Waals surface area contributed by atoms with Crippen molar-refractivity contribution in [2.75, 3.05) is 17.7 Å². The molecule has 1 aliphatic carbocycles. The van der Waals surface area contributed by atoms with E-state index in [2.05, 4.69) is 19.2 Å². The van der Waals surface area contributed by atoms with Gasteiger partial charge >= 0.3 is 5.97 Å². The fourth-order valence-corrected chi connectivity index (χ4v) is 5.44. The van der Waals surface area contributed by atoms with Crippen molar-refractivity contribution in [3.05, 3.63) is 45.8 Å². The van der Waals surface area contributed by atoms with Crippen LogP contribution in [0, 0.1) is 5.92 Å². The van der Waals surface area contributed by atoms with Crippen LogP contribution in [0.3, 0.4) is 0 Å². The van der Waals surface area contributed by atoms with Gasteiger partial charge in [0.05, 0.1) is 12.2 Å². The summed E-state index contributed by atoms with van der Waals surface area (Å²) in [5.41, 5.74) is 2.21. The van der Waals surface area contributed by atoms with Crippen molar-refractivity contribution in [3.63, 3.8) is 0 Å². The Hall–Kier alpha value is -1.79. The average molecular weight is 404 g/mol. The lowest BCUT2D eigenvalue weighted by atomic mass is 9.88. The minimum Gasteiger partial charge on any atom is -0.462 e. The van der Waals surface area contributed by atoms with Gasteiger partial charge in [0.1, 0.15) is 5.00 Å². The molecule has 1 amide bonds. The molecule has 0 saturated carbocycles.